The molecule has 5 rings (SSSR count). The molecule has 0 saturated carbocycles. The smallest absolute Gasteiger partial charge is 0.281 e. The van der Waals surface area contributed by atoms with Crippen molar-refractivity contribution in [1.29, 1.82) is 0 Å². The number of rotatable bonds is 6. The number of pyridine rings is 1. The molecule has 0 unspecified atom stereocenters. The highest BCUT2D eigenvalue weighted by molar-refractivity contribution is 5.87. The lowest BCUT2D eigenvalue weighted by atomic mass is 9.82. The van der Waals surface area contributed by atoms with Crippen molar-refractivity contribution in [3.8, 4) is 0 Å². The summed E-state index contributed by atoms with van der Waals surface area (Å²) in [7, 11) is 0. The van der Waals surface area contributed by atoms with Gasteiger partial charge in [-0.1, -0.05) is 24.8 Å². The van der Waals surface area contributed by atoms with Crippen LogP contribution in [0.2, 0.25) is 0 Å². The third-order valence-corrected chi connectivity index (χ3v) is 8.79. The number of carbonyl (C=O) groups is 1. The fraction of sp³-hybridized carbons (Fsp3) is 0.586. The van der Waals surface area contributed by atoms with Crippen LogP contribution in [0.5, 0.6) is 0 Å². The molecular formula is C29H39F2N5O2. The topological polar surface area (TPSA) is 52.2 Å². The van der Waals surface area contributed by atoms with E-state index in [1.165, 1.54) is 11.6 Å². The Morgan fingerprint density at radius 3 is 2.55 bits per heavy atom. The van der Waals surface area contributed by atoms with E-state index < -0.39 is 6.43 Å². The van der Waals surface area contributed by atoms with Crippen molar-refractivity contribution in [2.24, 2.45) is 0 Å². The molecule has 1 aromatic rings. The number of ether oxygens (including phenoxy) is 1. The molecule has 0 bridgehead atoms. The third-order valence-electron chi connectivity index (χ3n) is 8.79. The number of piperidine rings is 1. The van der Waals surface area contributed by atoms with Crippen molar-refractivity contribution in [2.45, 2.75) is 57.7 Å². The van der Waals surface area contributed by atoms with Gasteiger partial charge in [-0.05, 0) is 38.8 Å². The highest BCUT2D eigenvalue weighted by Crippen LogP contribution is 2.42. The van der Waals surface area contributed by atoms with Gasteiger partial charge < -0.3 is 19.4 Å². The second-order valence-corrected chi connectivity index (χ2v) is 10.9. The van der Waals surface area contributed by atoms with E-state index in [0.29, 0.717) is 43.7 Å². The van der Waals surface area contributed by atoms with Gasteiger partial charge in [0, 0.05) is 81.6 Å². The van der Waals surface area contributed by atoms with Crippen LogP contribution in [0.4, 0.5) is 20.3 Å². The zero-order valence-electron chi connectivity index (χ0n) is 22.7. The van der Waals surface area contributed by atoms with Crippen LogP contribution < -0.4 is 9.80 Å². The van der Waals surface area contributed by atoms with Gasteiger partial charge in [0.15, 0.2) is 0 Å². The number of aromatic nitrogens is 1. The molecule has 0 N–H and O–H groups in total. The van der Waals surface area contributed by atoms with Crippen LogP contribution in [0.3, 0.4) is 0 Å². The van der Waals surface area contributed by atoms with Crippen molar-refractivity contribution in [2.75, 3.05) is 62.2 Å². The molecule has 1 amide bonds. The maximum absolute atomic E-state index is 14.3. The molecular weight excluding hydrogens is 488 g/mol. The van der Waals surface area contributed by atoms with Crippen LogP contribution in [0.25, 0.3) is 6.08 Å². The Hall–Kier alpha value is -2.78. The fourth-order valence-corrected chi connectivity index (χ4v) is 6.45. The first-order chi connectivity index (χ1) is 18.3. The van der Waals surface area contributed by atoms with Crippen molar-refractivity contribution in [1.82, 2.24) is 14.8 Å². The van der Waals surface area contributed by atoms with Gasteiger partial charge in [0.05, 0.1) is 12.2 Å². The number of hydrogen-bond donors (Lipinski definition) is 0. The van der Waals surface area contributed by atoms with E-state index in [1.54, 1.807) is 12.2 Å². The molecule has 1 spiro atoms. The Morgan fingerprint density at radius 1 is 1.24 bits per heavy atom. The number of piperazine rings is 1. The average molecular weight is 528 g/mol. The fourth-order valence-electron chi connectivity index (χ4n) is 6.45. The predicted octanol–water partition coefficient (Wildman–Crippen LogP) is 4.28. The molecule has 7 nitrogen and oxygen atoms in total. The summed E-state index contributed by atoms with van der Waals surface area (Å²) in [6, 6.07) is 2.46. The molecule has 0 radical (unpaired) electrons. The van der Waals surface area contributed by atoms with E-state index in [4.69, 9.17) is 4.74 Å². The predicted molar refractivity (Wildman–Crippen MR) is 147 cm³/mol. The zero-order valence-corrected chi connectivity index (χ0v) is 22.7. The summed E-state index contributed by atoms with van der Waals surface area (Å²) < 4.78 is 34.8. The molecule has 2 atom stereocenters. The lowest BCUT2D eigenvalue weighted by Gasteiger charge is -2.50. The van der Waals surface area contributed by atoms with E-state index in [2.05, 4.69) is 46.2 Å². The first kappa shape index (κ1) is 26.8. The Bertz CT molecular complexity index is 1120. The Morgan fingerprint density at radius 2 is 1.97 bits per heavy atom. The van der Waals surface area contributed by atoms with Crippen LogP contribution in [0.15, 0.2) is 36.4 Å². The van der Waals surface area contributed by atoms with Gasteiger partial charge in [0.1, 0.15) is 11.5 Å². The summed E-state index contributed by atoms with van der Waals surface area (Å²) in [6.45, 7) is 15.6. The Kier molecular flexibility index (Phi) is 7.60. The van der Waals surface area contributed by atoms with Crippen molar-refractivity contribution in [3.05, 3.63) is 47.7 Å². The highest BCUT2D eigenvalue weighted by atomic mass is 19.3. The van der Waals surface area contributed by atoms with Crippen LogP contribution in [0, 0.1) is 0 Å². The number of alkyl halides is 2. The molecule has 206 valence electrons. The molecule has 38 heavy (non-hydrogen) atoms. The minimum Gasteiger partial charge on any atom is -0.368 e. The van der Waals surface area contributed by atoms with Crippen LogP contribution in [-0.2, 0) is 9.53 Å². The summed E-state index contributed by atoms with van der Waals surface area (Å²) in [5.41, 5.74) is 2.21. The van der Waals surface area contributed by atoms with Gasteiger partial charge >= 0.3 is 0 Å². The average Bonchev–Trinajstić information content (AvgIpc) is 3.22. The number of amides is 1. The third kappa shape index (κ3) is 4.86. The number of nitrogens with zero attached hydrogens (tertiary/aromatic N) is 5. The summed E-state index contributed by atoms with van der Waals surface area (Å²) in [5, 5.41) is 0. The number of hydrogen-bond acceptors (Lipinski definition) is 6. The number of allylic oxidation sites excluding steroid dienone is 1. The lowest BCUT2D eigenvalue weighted by Crippen LogP contribution is -2.63. The van der Waals surface area contributed by atoms with Crippen molar-refractivity contribution >= 4 is 23.5 Å². The quantitative estimate of drug-likeness (QED) is 0.407. The van der Waals surface area contributed by atoms with Gasteiger partial charge in [0.25, 0.3) is 6.43 Å². The molecule has 3 fully saturated rings. The summed E-state index contributed by atoms with van der Waals surface area (Å²) >= 11 is 0. The number of carbonyl (C=O) groups excluding carboxylic acids is 1. The monoisotopic (exact) mass is 527 g/mol. The van der Waals surface area contributed by atoms with Crippen molar-refractivity contribution in [3.63, 3.8) is 0 Å². The lowest BCUT2D eigenvalue weighted by molar-refractivity contribution is -0.128. The molecule has 1 aromatic heterocycles. The molecule has 4 aliphatic rings. The van der Waals surface area contributed by atoms with Gasteiger partial charge in [-0.15, -0.1) is 0 Å². The molecule has 9 heteroatoms. The second-order valence-electron chi connectivity index (χ2n) is 10.9. The van der Waals surface area contributed by atoms with Crippen molar-refractivity contribution < 1.29 is 18.3 Å². The van der Waals surface area contributed by atoms with Crippen LogP contribution in [-0.4, -0.2) is 90.8 Å². The standard InChI is InChI=1S/C29H39F2N5O2/c1-5-7-23-24(35-18-22(19-35)33-11-13-34(14-12-33)26(37)6-2)16-25(32-27(23)28(30)31)36-10-9-29(17-21(36)4)20(3)8-15-38-29/h5-8,16,21-22,28H,2,9-15,17-19H2,1,3-4H3/b7-5-/t21-,29-/m1/s1. The highest BCUT2D eigenvalue weighted by Gasteiger charge is 2.43. The SMILES string of the molecule is C=CC(=O)N1CCN(C2CN(c3cc(N4CC[C@]5(C[C@H]4C)OCC=C5C)nc(C(F)F)c3/C=C\C)C2)CC1. The zero-order chi connectivity index (χ0) is 27.0. The van der Waals surface area contributed by atoms with E-state index in [1.807, 2.05) is 17.9 Å². The van der Waals surface area contributed by atoms with Crippen LogP contribution in [0.1, 0.15) is 51.3 Å². The van der Waals surface area contributed by atoms with Gasteiger partial charge in [0.2, 0.25) is 5.91 Å². The number of halogens is 2. The van der Waals surface area contributed by atoms with Gasteiger partial charge in [-0.2, -0.15) is 0 Å². The summed E-state index contributed by atoms with van der Waals surface area (Å²) in [6.07, 6.45) is 6.06. The molecule has 0 aromatic carbocycles. The first-order valence-corrected chi connectivity index (χ1v) is 13.7. The van der Waals surface area contributed by atoms with Gasteiger partial charge in [-0.3, -0.25) is 9.69 Å². The molecule has 3 saturated heterocycles. The largest absolute Gasteiger partial charge is 0.368 e. The minimum absolute atomic E-state index is 0.0248. The molecule has 0 aliphatic carbocycles. The van der Waals surface area contributed by atoms with Crippen LogP contribution >= 0.6 is 0 Å². The molecule has 4 aliphatic heterocycles. The van der Waals surface area contributed by atoms with Gasteiger partial charge in [-0.25, -0.2) is 13.8 Å². The maximum atomic E-state index is 14.3. The van der Waals surface area contributed by atoms with E-state index in [0.717, 1.165) is 44.7 Å². The van der Waals surface area contributed by atoms with E-state index in [-0.39, 0.29) is 23.2 Å². The second kappa shape index (κ2) is 10.8. The normalized spacial score (nSPS) is 26.9. The Labute approximate surface area is 224 Å². The number of anilines is 2. The van der Waals surface area contributed by atoms with E-state index in [9.17, 15) is 13.6 Å². The Balaban J connectivity index is 1.35. The van der Waals surface area contributed by atoms with E-state index >= 15 is 0 Å². The summed E-state index contributed by atoms with van der Waals surface area (Å²) in [4.78, 5) is 25.0. The minimum atomic E-state index is -2.66. The first-order valence-electron chi connectivity index (χ1n) is 13.7. The molecule has 5 heterocycles. The summed E-state index contributed by atoms with van der Waals surface area (Å²) in [5.74, 6) is 0.591. The maximum Gasteiger partial charge on any atom is 0.281 e.